The molecule has 0 amide bonds. The summed E-state index contributed by atoms with van der Waals surface area (Å²) in [5, 5.41) is 0. The predicted molar refractivity (Wildman–Crippen MR) is 69.4 cm³/mol. The molecule has 0 bridgehead atoms. The fourth-order valence-corrected chi connectivity index (χ4v) is 3.48. The normalized spacial score (nSPS) is 36.2. The fourth-order valence-electron chi connectivity index (χ4n) is 3.48. The lowest BCUT2D eigenvalue weighted by Gasteiger charge is -2.44. The van der Waals surface area contributed by atoms with Crippen LogP contribution >= 0.6 is 0 Å². The van der Waals surface area contributed by atoms with Crippen LogP contribution in [-0.4, -0.2) is 30.6 Å². The number of piperidine rings is 1. The molecule has 2 nitrogen and oxygen atoms in total. The zero-order chi connectivity index (χ0) is 11.6. The average Bonchev–Trinajstić information content (AvgIpc) is 2.26. The molecule has 1 aliphatic heterocycles. The smallest absolute Gasteiger partial charge is 0.0131 e. The summed E-state index contributed by atoms with van der Waals surface area (Å²) in [4.78, 5) is 2.65. The summed E-state index contributed by atoms with van der Waals surface area (Å²) < 4.78 is 0. The molecule has 1 aliphatic carbocycles. The van der Waals surface area contributed by atoms with Gasteiger partial charge in [-0.05, 0) is 50.1 Å². The first-order valence-corrected chi connectivity index (χ1v) is 7.07. The number of nitrogens with two attached hydrogens (primary N) is 1. The van der Waals surface area contributed by atoms with Crippen molar-refractivity contribution in [3.05, 3.63) is 0 Å². The summed E-state index contributed by atoms with van der Waals surface area (Å²) in [6, 6.07) is 0.406. The lowest BCUT2D eigenvalue weighted by molar-refractivity contribution is 0.0943. The maximum absolute atomic E-state index is 6.45. The Morgan fingerprint density at radius 2 is 1.81 bits per heavy atom. The van der Waals surface area contributed by atoms with E-state index >= 15 is 0 Å². The molecule has 1 saturated heterocycles. The minimum absolute atomic E-state index is 0.360. The van der Waals surface area contributed by atoms with Crippen LogP contribution in [0.3, 0.4) is 0 Å². The minimum atomic E-state index is 0.360. The highest BCUT2D eigenvalue weighted by Gasteiger charge is 2.36. The van der Waals surface area contributed by atoms with Crippen molar-refractivity contribution in [3.63, 3.8) is 0 Å². The van der Waals surface area contributed by atoms with Crippen molar-refractivity contribution < 1.29 is 0 Å². The van der Waals surface area contributed by atoms with E-state index in [1.165, 1.54) is 58.2 Å². The molecule has 2 aliphatic rings. The van der Waals surface area contributed by atoms with Crippen molar-refractivity contribution >= 4 is 0 Å². The zero-order valence-electron chi connectivity index (χ0n) is 11.0. The van der Waals surface area contributed by atoms with E-state index in [0.29, 0.717) is 11.5 Å². The van der Waals surface area contributed by atoms with Gasteiger partial charge in [0.1, 0.15) is 0 Å². The second kappa shape index (κ2) is 5.05. The monoisotopic (exact) mass is 224 g/mol. The van der Waals surface area contributed by atoms with Gasteiger partial charge < -0.3 is 10.6 Å². The highest BCUT2D eigenvalue weighted by Crippen LogP contribution is 2.38. The fraction of sp³-hybridized carbons (Fsp3) is 1.00. The predicted octanol–water partition coefficient (Wildman–Crippen LogP) is 2.63. The van der Waals surface area contributed by atoms with Crippen LogP contribution in [0, 0.1) is 11.3 Å². The van der Waals surface area contributed by atoms with E-state index in [9.17, 15) is 0 Å². The van der Waals surface area contributed by atoms with Gasteiger partial charge in [0.25, 0.3) is 0 Å². The molecule has 1 saturated carbocycles. The van der Waals surface area contributed by atoms with Crippen LogP contribution in [0.4, 0.5) is 0 Å². The summed E-state index contributed by atoms with van der Waals surface area (Å²) in [6.07, 6.45) is 8.25. The van der Waals surface area contributed by atoms with Gasteiger partial charge in [-0.15, -0.1) is 0 Å². The van der Waals surface area contributed by atoms with Gasteiger partial charge >= 0.3 is 0 Å². The van der Waals surface area contributed by atoms with Crippen molar-refractivity contribution in [3.8, 4) is 0 Å². The van der Waals surface area contributed by atoms with Crippen molar-refractivity contribution in [1.82, 2.24) is 4.90 Å². The Kier molecular flexibility index (Phi) is 3.91. The Balaban J connectivity index is 1.88. The summed E-state index contributed by atoms with van der Waals surface area (Å²) in [6.45, 7) is 8.57. The van der Waals surface area contributed by atoms with E-state index in [1.54, 1.807) is 0 Å². The van der Waals surface area contributed by atoms with Gasteiger partial charge in [0, 0.05) is 12.6 Å². The van der Waals surface area contributed by atoms with Gasteiger partial charge in [-0.25, -0.2) is 0 Å². The molecule has 0 aromatic carbocycles. The summed E-state index contributed by atoms with van der Waals surface area (Å²) in [7, 11) is 0. The molecule has 16 heavy (non-hydrogen) atoms. The maximum atomic E-state index is 6.45. The molecular weight excluding hydrogens is 196 g/mol. The van der Waals surface area contributed by atoms with Crippen LogP contribution < -0.4 is 5.73 Å². The Hall–Kier alpha value is -0.0800. The standard InChI is InChI=1S/C14H28N2/c1-14(2)8-6-7-12(13(14)15)11-16-9-4-3-5-10-16/h12-13H,3-11,15H2,1-2H3. The van der Waals surface area contributed by atoms with Crippen LogP contribution in [0.25, 0.3) is 0 Å². The van der Waals surface area contributed by atoms with Gasteiger partial charge in [0.05, 0.1) is 0 Å². The molecule has 0 aromatic heterocycles. The third-order valence-electron chi connectivity index (χ3n) is 4.75. The van der Waals surface area contributed by atoms with Crippen molar-refractivity contribution in [1.29, 1.82) is 0 Å². The Labute approximate surface area is 101 Å². The number of rotatable bonds is 2. The van der Waals surface area contributed by atoms with Gasteiger partial charge in [-0.1, -0.05) is 26.7 Å². The number of hydrogen-bond acceptors (Lipinski definition) is 2. The maximum Gasteiger partial charge on any atom is 0.0131 e. The third kappa shape index (κ3) is 2.78. The quantitative estimate of drug-likeness (QED) is 0.781. The summed E-state index contributed by atoms with van der Waals surface area (Å²) >= 11 is 0. The summed E-state index contributed by atoms with van der Waals surface area (Å²) in [5.41, 5.74) is 6.81. The van der Waals surface area contributed by atoms with Crippen LogP contribution in [0.5, 0.6) is 0 Å². The molecule has 1 heterocycles. The highest BCUT2D eigenvalue weighted by atomic mass is 15.1. The third-order valence-corrected chi connectivity index (χ3v) is 4.75. The van der Waals surface area contributed by atoms with Crippen LogP contribution in [0.15, 0.2) is 0 Å². The average molecular weight is 224 g/mol. The van der Waals surface area contributed by atoms with Gasteiger partial charge in [0.15, 0.2) is 0 Å². The SMILES string of the molecule is CC1(C)CCCC(CN2CCCCC2)C1N. The molecule has 2 atom stereocenters. The van der Waals surface area contributed by atoms with Crippen molar-refractivity contribution in [2.75, 3.05) is 19.6 Å². The molecule has 0 radical (unpaired) electrons. The lowest BCUT2D eigenvalue weighted by atomic mass is 9.68. The minimum Gasteiger partial charge on any atom is -0.327 e. The molecule has 2 heteroatoms. The van der Waals surface area contributed by atoms with E-state index in [2.05, 4.69) is 18.7 Å². The van der Waals surface area contributed by atoms with Crippen LogP contribution in [0.1, 0.15) is 52.4 Å². The van der Waals surface area contributed by atoms with Gasteiger partial charge in [-0.2, -0.15) is 0 Å². The Morgan fingerprint density at radius 3 is 2.50 bits per heavy atom. The number of hydrogen-bond donors (Lipinski definition) is 1. The van der Waals surface area contributed by atoms with Crippen molar-refractivity contribution in [2.24, 2.45) is 17.1 Å². The first-order valence-electron chi connectivity index (χ1n) is 7.07. The van der Waals surface area contributed by atoms with Crippen molar-refractivity contribution in [2.45, 2.75) is 58.4 Å². The largest absolute Gasteiger partial charge is 0.327 e. The topological polar surface area (TPSA) is 29.3 Å². The first-order chi connectivity index (χ1) is 7.59. The van der Waals surface area contributed by atoms with E-state index in [-0.39, 0.29) is 0 Å². The lowest BCUT2D eigenvalue weighted by Crippen LogP contribution is -2.50. The Morgan fingerprint density at radius 1 is 1.12 bits per heavy atom. The molecule has 2 N–H and O–H groups in total. The second-order valence-electron chi connectivity index (χ2n) is 6.53. The molecule has 94 valence electrons. The molecule has 2 unspecified atom stereocenters. The van der Waals surface area contributed by atoms with Gasteiger partial charge in [0.2, 0.25) is 0 Å². The molecule has 0 spiro atoms. The van der Waals surface area contributed by atoms with Crippen LogP contribution in [-0.2, 0) is 0 Å². The van der Waals surface area contributed by atoms with Crippen LogP contribution in [0.2, 0.25) is 0 Å². The molecule has 2 fully saturated rings. The summed E-state index contributed by atoms with van der Waals surface area (Å²) in [5.74, 6) is 0.738. The van der Waals surface area contributed by atoms with E-state index in [4.69, 9.17) is 5.73 Å². The highest BCUT2D eigenvalue weighted by molar-refractivity contribution is 4.92. The molecule has 0 aromatic rings. The van der Waals surface area contributed by atoms with E-state index < -0.39 is 0 Å². The number of likely N-dealkylation sites (tertiary alicyclic amines) is 1. The number of nitrogens with zero attached hydrogens (tertiary/aromatic N) is 1. The molecule has 2 rings (SSSR count). The second-order valence-corrected chi connectivity index (χ2v) is 6.53. The van der Waals surface area contributed by atoms with E-state index in [1.807, 2.05) is 0 Å². The van der Waals surface area contributed by atoms with Gasteiger partial charge in [-0.3, -0.25) is 0 Å². The van der Waals surface area contributed by atoms with E-state index in [0.717, 1.165) is 5.92 Å². The molecular formula is C14H28N2. The first kappa shape index (κ1) is 12.4. The zero-order valence-corrected chi connectivity index (χ0v) is 11.0. The Bertz CT molecular complexity index is 219.